The quantitative estimate of drug-likeness (QED) is 0.466. The Kier molecular flexibility index (Phi) is 8.18. The molecule has 2 N–H and O–H groups in total. The molecule has 0 unspecified atom stereocenters. The van der Waals surface area contributed by atoms with E-state index < -0.39 is 0 Å². The monoisotopic (exact) mass is 422 g/mol. The van der Waals surface area contributed by atoms with Crippen LogP contribution >= 0.6 is 0 Å². The number of nitrogens with zero attached hydrogens (tertiary/aromatic N) is 2. The summed E-state index contributed by atoms with van der Waals surface area (Å²) in [6.07, 6.45) is 2.18. The third-order valence-corrected chi connectivity index (χ3v) is 5.14. The number of methoxy groups -OCH3 is 1. The number of benzene rings is 2. The Balaban J connectivity index is 1.59. The van der Waals surface area contributed by atoms with Crippen molar-refractivity contribution in [1.29, 1.82) is 0 Å². The zero-order valence-corrected chi connectivity index (χ0v) is 18.2. The third kappa shape index (κ3) is 6.15. The third-order valence-electron chi connectivity index (χ3n) is 5.14. The van der Waals surface area contributed by atoms with Gasteiger partial charge in [-0.25, -0.2) is 4.98 Å². The molecule has 0 spiro atoms. The smallest absolute Gasteiger partial charge is 0.251 e. The van der Waals surface area contributed by atoms with Gasteiger partial charge in [-0.15, -0.1) is 0 Å². The molecule has 0 aliphatic carbocycles. The van der Waals surface area contributed by atoms with Crippen LogP contribution in [0.5, 0.6) is 0 Å². The number of nitrogens with one attached hydrogen (secondary N) is 2. The summed E-state index contributed by atoms with van der Waals surface area (Å²) in [5.74, 6) is 0.730. The lowest BCUT2D eigenvalue weighted by Crippen LogP contribution is -2.29. The van der Waals surface area contributed by atoms with Crippen LogP contribution in [0, 0.1) is 6.92 Å². The van der Waals surface area contributed by atoms with E-state index in [0.29, 0.717) is 31.7 Å². The van der Waals surface area contributed by atoms with Crippen molar-refractivity contribution in [2.75, 3.05) is 26.8 Å². The van der Waals surface area contributed by atoms with Crippen LogP contribution in [-0.4, -0.2) is 48.2 Å². The highest BCUT2D eigenvalue weighted by molar-refractivity contribution is 5.95. The first-order chi connectivity index (χ1) is 15.1. The number of aromatic nitrogens is 2. The van der Waals surface area contributed by atoms with Crippen molar-refractivity contribution >= 4 is 22.8 Å². The minimum atomic E-state index is -0.0676. The van der Waals surface area contributed by atoms with Gasteiger partial charge in [0, 0.05) is 38.8 Å². The lowest BCUT2D eigenvalue weighted by molar-refractivity contribution is -0.121. The first-order valence-corrected chi connectivity index (χ1v) is 10.6. The van der Waals surface area contributed by atoms with E-state index in [2.05, 4.69) is 10.6 Å². The van der Waals surface area contributed by atoms with E-state index in [0.717, 1.165) is 35.3 Å². The molecule has 0 saturated carbocycles. The van der Waals surface area contributed by atoms with Crippen molar-refractivity contribution in [3.8, 4) is 0 Å². The van der Waals surface area contributed by atoms with Gasteiger partial charge >= 0.3 is 0 Å². The molecule has 3 aromatic rings. The molecule has 1 heterocycles. The Morgan fingerprint density at radius 3 is 2.55 bits per heavy atom. The molecule has 0 aliphatic heterocycles. The largest absolute Gasteiger partial charge is 0.385 e. The number of carbonyl (C=O) groups excluding carboxylic acids is 2. The van der Waals surface area contributed by atoms with Gasteiger partial charge in [0.15, 0.2) is 0 Å². The van der Waals surface area contributed by atoms with E-state index in [1.54, 1.807) is 7.11 Å². The van der Waals surface area contributed by atoms with Crippen LogP contribution in [0.4, 0.5) is 0 Å². The molecule has 0 atom stereocenters. The number of aryl methyl sites for hydroxylation is 2. The van der Waals surface area contributed by atoms with Crippen LogP contribution in [0.3, 0.4) is 0 Å². The second-order valence-corrected chi connectivity index (χ2v) is 7.47. The van der Waals surface area contributed by atoms with Crippen LogP contribution in [0.15, 0.2) is 48.5 Å². The van der Waals surface area contributed by atoms with E-state index in [4.69, 9.17) is 9.72 Å². The highest BCUT2D eigenvalue weighted by atomic mass is 16.5. The molecule has 2 aromatic carbocycles. The maximum Gasteiger partial charge on any atom is 0.251 e. The topological polar surface area (TPSA) is 85.2 Å². The van der Waals surface area contributed by atoms with E-state index in [-0.39, 0.29) is 18.4 Å². The number of para-hydroxylation sites is 2. The zero-order chi connectivity index (χ0) is 22.1. The summed E-state index contributed by atoms with van der Waals surface area (Å²) in [7, 11) is 1.65. The second-order valence-electron chi connectivity index (χ2n) is 7.47. The molecular weight excluding hydrogens is 392 g/mol. The number of amides is 2. The maximum absolute atomic E-state index is 12.4. The number of imidazole rings is 1. The van der Waals surface area contributed by atoms with E-state index in [1.807, 2.05) is 60.0 Å². The number of hydrogen-bond donors (Lipinski definition) is 2. The van der Waals surface area contributed by atoms with Gasteiger partial charge in [-0.1, -0.05) is 30.3 Å². The molecule has 0 aliphatic rings. The molecule has 164 valence electrons. The SMILES string of the molecule is COCCCNC(=O)Cn1c(CCCNC(=O)c2ccccc2C)nc2ccccc21. The first-order valence-electron chi connectivity index (χ1n) is 10.6. The number of fused-ring (bicyclic) bond motifs is 1. The standard InChI is InChI=1S/C24H30N4O3/c1-18-9-3-4-10-19(18)24(30)26-14-7-13-22-27-20-11-5-6-12-21(20)28(22)17-23(29)25-15-8-16-31-2/h3-6,9-12H,7-8,13-17H2,1-2H3,(H,25,29)(H,26,30). The summed E-state index contributed by atoms with van der Waals surface area (Å²) in [6, 6.07) is 15.4. The van der Waals surface area contributed by atoms with Gasteiger partial charge in [-0.2, -0.15) is 0 Å². The minimum absolute atomic E-state index is 0.0478. The van der Waals surface area contributed by atoms with Crippen LogP contribution in [-0.2, 0) is 22.5 Å². The van der Waals surface area contributed by atoms with Crippen LogP contribution in [0.1, 0.15) is 34.6 Å². The van der Waals surface area contributed by atoms with Gasteiger partial charge < -0.3 is 19.9 Å². The highest BCUT2D eigenvalue weighted by Gasteiger charge is 2.14. The number of ether oxygens (including phenoxy) is 1. The molecule has 2 amide bonds. The van der Waals surface area contributed by atoms with Gasteiger partial charge in [-0.05, 0) is 43.5 Å². The molecule has 0 radical (unpaired) electrons. The summed E-state index contributed by atoms with van der Waals surface area (Å²) in [5.41, 5.74) is 3.46. The van der Waals surface area contributed by atoms with Crippen LogP contribution in [0.25, 0.3) is 11.0 Å². The molecule has 7 heteroatoms. The van der Waals surface area contributed by atoms with Crippen molar-refractivity contribution in [1.82, 2.24) is 20.2 Å². The lowest BCUT2D eigenvalue weighted by Gasteiger charge is -2.11. The number of carbonyl (C=O) groups is 2. The fraction of sp³-hybridized carbons (Fsp3) is 0.375. The van der Waals surface area contributed by atoms with Gasteiger partial charge in [0.1, 0.15) is 12.4 Å². The molecule has 7 nitrogen and oxygen atoms in total. The van der Waals surface area contributed by atoms with Crippen LogP contribution in [0.2, 0.25) is 0 Å². The molecule has 3 rings (SSSR count). The van der Waals surface area contributed by atoms with Gasteiger partial charge in [0.05, 0.1) is 11.0 Å². The van der Waals surface area contributed by atoms with Crippen molar-refractivity contribution in [2.45, 2.75) is 32.7 Å². The second kappa shape index (κ2) is 11.3. The minimum Gasteiger partial charge on any atom is -0.385 e. The summed E-state index contributed by atoms with van der Waals surface area (Å²) in [4.78, 5) is 29.5. The molecular formula is C24H30N4O3. The maximum atomic E-state index is 12.4. The Morgan fingerprint density at radius 1 is 1.00 bits per heavy atom. The summed E-state index contributed by atoms with van der Waals surface area (Å²) < 4.78 is 6.98. The molecule has 31 heavy (non-hydrogen) atoms. The molecule has 0 saturated heterocycles. The highest BCUT2D eigenvalue weighted by Crippen LogP contribution is 2.17. The van der Waals surface area contributed by atoms with Crippen LogP contribution < -0.4 is 10.6 Å². The molecule has 0 fully saturated rings. The fourth-order valence-electron chi connectivity index (χ4n) is 3.51. The summed E-state index contributed by atoms with van der Waals surface area (Å²) >= 11 is 0. The van der Waals surface area contributed by atoms with E-state index in [9.17, 15) is 9.59 Å². The average molecular weight is 423 g/mol. The predicted molar refractivity (Wildman–Crippen MR) is 121 cm³/mol. The average Bonchev–Trinajstić information content (AvgIpc) is 3.11. The summed E-state index contributed by atoms with van der Waals surface area (Å²) in [5, 5.41) is 5.91. The fourth-order valence-corrected chi connectivity index (χ4v) is 3.51. The predicted octanol–water partition coefficient (Wildman–Crippen LogP) is 2.86. The number of rotatable bonds is 11. The molecule has 1 aromatic heterocycles. The normalized spacial score (nSPS) is 10.9. The van der Waals surface area contributed by atoms with Crippen molar-refractivity contribution in [2.24, 2.45) is 0 Å². The zero-order valence-electron chi connectivity index (χ0n) is 18.2. The Labute approximate surface area is 182 Å². The van der Waals surface area contributed by atoms with Gasteiger partial charge in [0.2, 0.25) is 5.91 Å². The van der Waals surface area contributed by atoms with Crippen molar-refractivity contribution in [3.05, 3.63) is 65.5 Å². The van der Waals surface area contributed by atoms with Gasteiger partial charge in [-0.3, -0.25) is 9.59 Å². The van der Waals surface area contributed by atoms with E-state index in [1.165, 1.54) is 0 Å². The van der Waals surface area contributed by atoms with E-state index >= 15 is 0 Å². The molecule has 0 bridgehead atoms. The van der Waals surface area contributed by atoms with Gasteiger partial charge in [0.25, 0.3) is 5.91 Å². The Hall–Kier alpha value is -3.19. The Morgan fingerprint density at radius 2 is 1.74 bits per heavy atom. The lowest BCUT2D eigenvalue weighted by atomic mass is 10.1. The number of hydrogen-bond acceptors (Lipinski definition) is 4. The van der Waals surface area contributed by atoms with Crippen molar-refractivity contribution in [3.63, 3.8) is 0 Å². The Bertz CT molecular complexity index is 1030. The summed E-state index contributed by atoms with van der Waals surface area (Å²) in [6.45, 7) is 3.89. The first kappa shape index (κ1) is 22.5. The van der Waals surface area contributed by atoms with Crippen molar-refractivity contribution < 1.29 is 14.3 Å².